The van der Waals surface area contributed by atoms with Crippen LogP contribution in [0.5, 0.6) is 17.2 Å². The van der Waals surface area contributed by atoms with Crippen molar-refractivity contribution in [2.24, 2.45) is 0 Å². The fourth-order valence-corrected chi connectivity index (χ4v) is 3.03. The van der Waals surface area contributed by atoms with Crippen molar-refractivity contribution in [1.82, 2.24) is 0 Å². The number of hydrogen-bond acceptors (Lipinski definition) is 6. The molecule has 0 aliphatic carbocycles. The molecule has 1 heterocycles. The summed E-state index contributed by atoms with van der Waals surface area (Å²) in [6.07, 6.45) is 0.852. The highest BCUT2D eigenvalue weighted by molar-refractivity contribution is 5.94. The molecule has 2 aromatic carbocycles. The number of aryl methyl sites for hydroxylation is 1. The predicted molar refractivity (Wildman–Crippen MR) is 103 cm³/mol. The van der Waals surface area contributed by atoms with Gasteiger partial charge in [-0.1, -0.05) is 6.07 Å². The number of rotatable bonds is 7. The van der Waals surface area contributed by atoms with E-state index in [1.807, 2.05) is 19.9 Å². The van der Waals surface area contributed by atoms with Crippen molar-refractivity contribution in [3.8, 4) is 17.2 Å². The standard InChI is InChI=1S/C20H22N2O6/c1-4-26-19-9-14-8-13(3)28-18(14)10-15(19)21-20(23)11-27-17-6-5-12(2)7-16(17)22(24)25/h5-7,9-10,13H,4,8,11H2,1-3H3,(H,21,23)/t13-/m0/s1. The monoisotopic (exact) mass is 386 g/mol. The number of carbonyl (C=O) groups is 1. The molecule has 0 saturated heterocycles. The van der Waals surface area contributed by atoms with Gasteiger partial charge in [0.1, 0.15) is 17.6 Å². The van der Waals surface area contributed by atoms with Crippen LogP contribution in [0.3, 0.4) is 0 Å². The minimum atomic E-state index is -0.535. The van der Waals surface area contributed by atoms with Gasteiger partial charge in [0.15, 0.2) is 12.4 Å². The van der Waals surface area contributed by atoms with Crippen molar-refractivity contribution in [3.05, 3.63) is 51.6 Å². The number of hydrogen-bond donors (Lipinski definition) is 1. The van der Waals surface area contributed by atoms with Gasteiger partial charge in [0.25, 0.3) is 5.91 Å². The van der Waals surface area contributed by atoms with Crippen molar-refractivity contribution in [3.63, 3.8) is 0 Å². The third-order valence-electron chi connectivity index (χ3n) is 4.24. The Morgan fingerprint density at radius 3 is 2.79 bits per heavy atom. The zero-order valence-corrected chi connectivity index (χ0v) is 16.0. The molecule has 0 bridgehead atoms. The number of carbonyl (C=O) groups excluding carboxylic acids is 1. The Labute approximate surface area is 162 Å². The zero-order valence-electron chi connectivity index (χ0n) is 16.0. The normalized spacial score (nSPS) is 14.8. The first-order valence-electron chi connectivity index (χ1n) is 9.01. The van der Waals surface area contributed by atoms with Gasteiger partial charge in [0.05, 0.1) is 17.2 Å². The first kappa shape index (κ1) is 19.5. The summed E-state index contributed by atoms with van der Waals surface area (Å²) in [7, 11) is 0. The van der Waals surface area contributed by atoms with Crippen molar-refractivity contribution in [2.45, 2.75) is 33.3 Å². The molecule has 28 heavy (non-hydrogen) atoms. The highest BCUT2D eigenvalue weighted by Crippen LogP contribution is 2.38. The van der Waals surface area contributed by atoms with E-state index in [1.54, 1.807) is 19.1 Å². The first-order valence-corrected chi connectivity index (χ1v) is 9.01. The van der Waals surface area contributed by atoms with Crippen molar-refractivity contribution >= 4 is 17.3 Å². The van der Waals surface area contributed by atoms with Crippen molar-refractivity contribution in [1.29, 1.82) is 0 Å². The number of benzene rings is 2. The van der Waals surface area contributed by atoms with Gasteiger partial charge in [-0.2, -0.15) is 0 Å². The molecule has 8 heteroatoms. The summed E-state index contributed by atoms with van der Waals surface area (Å²) >= 11 is 0. The maximum absolute atomic E-state index is 12.4. The SMILES string of the molecule is CCOc1cc2c(cc1NC(=O)COc1ccc(C)cc1[N+](=O)[O-])O[C@@H](C)C2. The number of ether oxygens (including phenoxy) is 3. The highest BCUT2D eigenvalue weighted by Gasteiger charge is 2.23. The van der Waals surface area contributed by atoms with E-state index < -0.39 is 10.8 Å². The Morgan fingerprint density at radius 1 is 1.29 bits per heavy atom. The lowest BCUT2D eigenvalue weighted by Gasteiger charge is -2.14. The molecule has 0 saturated carbocycles. The minimum absolute atomic E-state index is 0.0434. The summed E-state index contributed by atoms with van der Waals surface area (Å²) in [5, 5.41) is 13.9. The second kappa shape index (κ2) is 8.16. The number of nitro groups is 1. The lowest BCUT2D eigenvalue weighted by molar-refractivity contribution is -0.385. The van der Waals surface area contributed by atoms with E-state index in [0.29, 0.717) is 23.8 Å². The van der Waals surface area contributed by atoms with Gasteiger partial charge in [-0.15, -0.1) is 0 Å². The molecule has 0 unspecified atom stereocenters. The van der Waals surface area contributed by atoms with Gasteiger partial charge in [-0.25, -0.2) is 0 Å². The molecular formula is C20H22N2O6. The lowest BCUT2D eigenvalue weighted by Crippen LogP contribution is -2.21. The smallest absolute Gasteiger partial charge is 0.311 e. The highest BCUT2D eigenvalue weighted by atomic mass is 16.6. The van der Waals surface area contributed by atoms with Crippen LogP contribution in [0, 0.1) is 17.0 Å². The quantitative estimate of drug-likeness (QED) is 0.576. The molecule has 148 valence electrons. The lowest BCUT2D eigenvalue weighted by atomic mass is 10.1. The molecule has 3 rings (SSSR count). The van der Waals surface area contributed by atoms with Gasteiger partial charge in [0.2, 0.25) is 0 Å². The molecule has 8 nitrogen and oxygen atoms in total. The number of amides is 1. The molecule has 2 aromatic rings. The first-order chi connectivity index (χ1) is 13.4. The number of fused-ring (bicyclic) bond motifs is 1. The van der Waals surface area contributed by atoms with E-state index in [2.05, 4.69) is 5.32 Å². The average Bonchev–Trinajstić information content (AvgIpc) is 2.99. The number of nitro benzene ring substituents is 1. The van der Waals surface area contributed by atoms with E-state index in [1.165, 1.54) is 12.1 Å². The number of nitrogens with one attached hydrogen (secondary N) is 1. The fraction of sp³-hybridized carbons (Fsp3) is 0.350. The number of nitrogens with zero attached hydrogens (tertiary/aromatic N) is 1. The molecular weight excluding hydrogens is 364 g/mol. The predicted octanol–water partition coefficient (Wildman–Crippen LogP) is 3.64. The number of anilines is 1. The fourth-order valence-electron chi connectivity index (χ4n) is 3.03. The van der Waals surface area contributed by atoms with Crippen LogP contribution < -0.4 is 19.5 Å². The van der Waals surface area contributed by atoms with Crippen LogP contribution in [0.25, 0.3) is 0 Å². The molecule has 0 fully saturated rings. The molecule has 1 atom stereocenters. The van der Waals surface area contributed by atoms with Crippen LogP contribution in [0.15, 0.2) is 30.3 Å². The summed E-state index contributed by atoms with van der Waals surface area (Å²) in [6, 6.07) is 8.17. The third-order valence-corrected chi connectivity index (χ3v) is 4.24. The average molecular weight is 386 g/mol. The Kier molecular flexibility index (Phi) is 5.67. The van der Waals surface area contributed by atoms with E-state index in [4.69, 9.17) is 14.2 Å². The van der Waals surface area contributed by atoms with Gasteiger partial charge in [-0.3, -0.25) is 14.9 Å². The zero-order chi connectivity index (χ0) is 20.3. The molecule has 1 aliphatic rings. The Hall–Kier alpha value is -3.29. The van der Waals surface area contributed by atoms with Gasteiger partial charge in [-0.05, 0) is 38.5 Å². The van der Waals surface area contributed by atoms with Crippen molar-refractivity contribution < 1.29 is 23.9 Å². The van der Waals surface area contributed by atoms with Crippen LogP contribution in [0.2, 0.25) is 0 Å². The molecule has 0 spiro atoms. The summed E-state index contributed by atoms with van der Waals surface area (Å²) in [5.41, 5.74) is 2.06. The Balaban J connectivity index is 1.72. The van der Waals surface area contributed by atoms with E-state index in [-0.39, 0.29) is 24.1 Å². The van der Waals surface area contributed by atoms with Crippen LogP contribution in [-0.4, -0.2) is 30.1 Å². The van der Waals surface area contributed by atoms with Gasteiger partial charge >= 0.3 is 5.69 Å². The van der Waals surface area contributed by atoms with Gasteiger partial charge < -0.3 is 19.5 Å². The second-order valence-corrected chi connectivity index (χ2v) is 6.59. The van der Waals surface area contributed by atoms with E-state index in [0.717, 1.165) is 17.5 Å². The topological polar surface area (TPSA) is 99.9 Å². The molecule has 1 aliphatic heterocycles. The summed E-state index contributed by atoms with van der Waals surface area (Å²) in [5.74, 6) is 0.846. The van der Waals surface area contributed by atoms with Crippen LogP contribution in [-0.2, 0) is 11.2 Å². The summed E-state index contributed by atoms with van der Waals surface area (Å²) in [4.78, 5) is 23.0. The molecule has 0 radical (unpaired) electrons. The van der Waals surface area contributed by atoms with E-state index >= 15 is 0 Å². The summed E-state index contributed by atoms with van der Waals surface area (Å²) in [6.45, 7) is 5.65. The maximum Gasteiger partial charge on any atom is 0.311 e. The Morgan fingerprint density at radius 2 is 2.07 bits per heavy atom. The molecule has 1 amide bonds. The van der Waals surface area contributed by atoms with Gasteiger partial charge in [0, 0.05) is 24.1 Å². The minimum Gasteiger partial charge on any atom is -0.492 e. The molecule has 1 N–H and O–H groups in total. The molecule has 0 aromatic heterocycles. The van der Waals surface area contributed by atoms with Crippen molar-refractivity contribution in [2.75, 3.05) is 18.5 Å². The van der Waals surface area contributed by atoms with Crippen LogP contribution in [0.1, 0.15) is 25.0 Å². The third kappa shape index (κ3) is 4.33. The maximum atomic E-state index is 12.4. The van der Waals surface area contributed by atoms with Crippen LogP contribution >= 0.6 is 0 Å². The Bertz CT molecular complexity index is 912. The summed E-state index contributed by atoms with van der Waals surface area (Å²) < 4.78 is 16.7. The largest absolute Gasteiger partial charge is 0.492 e. The second-order valence-electron chi connectivity index (χ2n) is 6.59. The van der Waals surface area contributed by atoms with E-state index in [9.17, 15) is 14.9 Å². The van der Waals surface area contributed by atoms with Crippen LogP contribution in [0.4, 0.5) is 11.4 Å².